The van der Waals surface area contributed by atoms with Crippen molar-refractivity contribution in [2.24, 2.45) is 23.7 Å². The van der Waals surface area contributed by atoms with Gasteiger partial charge in [0.05, 0.1) is 0 Å². The minimum absolute atomic E-state index is 0.281. The summed E-state index contributed by atoms with van der Waals surface area (Å²) in [5.74, 6) is 2.16. The van der Waals surface area contributed by atoms with Crippen LogP contribution in [0.5, 0.6) is 0 Å². The minimum Gasteiger partial charge on any atom is -0.299 e. The summed E-state index contributed by atoms with van der Waals surface area (Å²) in [5, 5.41) is 0. The Morgan fingerprint density at radius 2 is 1.06 bits per heavy atom. The number of ketones is 1. The van der Waals surface area contributed by atoms with E-state index in [1.165, 1.54) is 0 Å². The highest BCUT2D eigenvalue weighted by Crippen LogP contribution is 2.29. The maximum atomic E-state index is 12.5. The van der Waals surface area contributed by atoms with Gasteiger partial charge in [-0.15, -0.1) is 0 Å². The molecule has 0 spiro atoms. The lowest BCUT2D eigenvalue weighted by atomic mass is 9.75. The zero-order valence-corrected chi connectivity index (χ0v) is 12.0. The van der Waals surface area contributed by atoms with Gasteiger partial charge in [0.1, 0.15) is 5.78 Å². The fraction of sp³-hybridized carbons (Fsp3) is 0.933. The van der Waals surface area contributed by atoms with Crippen LogP contribution in [0.15, 0.2) is 0 Å². The molecule has 4 unspecified atom stereocenters. The molecular weight excluding hydrogens is 196 g/mol. The van der Waals surface area contributed by atoms with Crippen LogP contribution in [0.1, 0.15) is 67.2 Å². The highest BCUT2D eigenvalue weighted by molar-refractivity contribution is 5.83. The predicted octanol–water partition coefficient (Wildman–Crippen LogP) is 4.70. The summed E-state index contributed by atoms with van der Waals surface area (Å²) in [6.07, 6.45) is 4.23. The topological polar surface area (TPSA) is 17.1 Å². The second-order valence-electron chi connectivity index (χ2n) is 5.20. The van der Waals surface area contributed by atoms with Crippen molar-refractivity contribution in [1.29, 1.82) is 0 Å². The van der Waals surface area contributed by atoms with Gasteiger partial charge in [-0.1, -0.05) is 54.4 Å². The van der Waals surface area contributed by atoms with Gasteiger partial charge in [0.2, 0.25) is 0 Å². The van der Waals surface area contributed by atoms with Crippen LogP contribution >= 0.6 is 0 Å². The first kappa shape index (κ1) is 15.7. The van der Waals surface area contributed by atoms with Gasteiger partial charge in [0.25, 0.3) is 0 Å². The molecule has 0 fully saturated rings. The lowest BCUT2D eigenvalue weighted by Gasteiger charge is -2.28. The number of Topliss-reactive ketones (excluding diaryl/α,β-unsaturated/α-hetero) is 1. The molecule has 0 rings (SSSR count). The molecule has 0 saturated heterocycles. The first-order valence-corrected chi connectivity index (χ1v) is 7.06. The molecule has 96 valence electrons. The molecule has 1 heteroatoms. The van der Waals surface area contributed by atoms with Crippen LogP contribution in [-0.2, 0) is 4.79 Å². The van der Waals surface area contributed by atoms with Gasteiger partial charge in [-0.2, -0.15) is 0 Å². The Bertz CT molecular complexity index is 178. The Kier molecular flexibility index (Phi) is 7.70. The largest absolute Gasteiger partial charge is 0.299 e. The van der Waals surface area contributed by atoms with Crippen molar-refractivity contribution in [2.75, 3.05) is 0 Å². The van der Waals surface area contributed by atoms with Crippen molar-refractivity contribution < 1.29 is 4.79 Å². The fourth-order valence-electron chi connectivity index (χ4n) is 2.61. The SMILES string of the molecule is CCC(C)C(CC)C(=O)C(CC)C(C)CC. The molecule has 16 heavy (non-hydrogen) atoms. The van der Waals surface area contributed by atoms with Crippen LogP contribution in [-0.4, -0.2) is 5.78 Å². The summed E-state index contributed by atoms with van der Waals surface area (Å²) in [6.45, 7) is 13.1. The summed E-state index contributed by atoms with van der Waals surface area (Å²) < 4.78 is 0. The van der Waals surface area contributed by atoms with Crippen LogP contribution in [0, 0.1) is 23.7 Å². The number of hydrogen-bond donors (Lipinski definition) is 0. The third-order valence-electron chi connectivity index (χ3n) is 4.27. The maximum Gasteiger partial charge on any atom is 0.139 e. The van der Waals surface area contributed by atoms with E-state index >= 15 is 0 Å². The van der Waals surface area contributed by atoms with Crippen molar-refractivity contribution in [3.63, 3.8) is 0 Å². The highest BCUT2D eigenvalue weighted by atomic mass is 16.1. The number of carbonyl (C=O) groups excluding carboxylic acids is 1. The molecule has 0 heterocycles. The van der Waals surface area contributed by atoms with E-state index in [1.54, 1.807) is 0 Å². The number of rotatable bonds is 8. The van der Waals surface area contributed by atoms with Crippen molar-refractivity contribution in [2.45, 2.75) is 67.2 Å². The molecule has 0 aliphatic rings. The number of hydrogen-bond acceptors (Lipinski definition) is 1. The third kappa shape index (κ3) is 3.92. The molecule has 0 aliphatic heterocycles. The van der Waals surface area contributed by atoms with E-state index in [9.17, 15) is 4.79 Å². The molecule has 0 aromatic rings. The van der Waals surface area contributed by atoms with Crippen LogP contribution < -0.4 is 0 Å². The van der Waals surface area contributed by atoms with Crippen molar-refractivity contribution >= 4 is 5.78 Å². The van der Waals surface area contributed by atoms with E-state index in [0.717, 1.165) is 25.7 Å². The summed E-state index contributed by atoms with van der Waals surface area (Å²) in [5.41, 5.74) is 0. The van der Waals surface area contributed by atoms with Crippen LogP contribution in [0.2, 0.25) is 0 Å². The van der Waals surface area contributed by atoms with Gasteiger partial charge in [-0.05, 0) is 24.7 Å². The van der Waals surface area contributed by atoms with E-state index in [-0.39, 0.29) is 11.8 Å². The molecule has 4 atom stereocenters. The monoisotopic (exact) mass is 226 g/mol. The van der Waals surface area contributed by atoms with Gasteiger partial charge < -0.3 is 0 Å². The highest BCUT2D eigenvalue weighted by Gasteiger charge is 2.30. The van der Waals surface area contributed by atoms with Gasteiger partial charge in [-0.3, -0.25) is 4.79 Å². The Labute approximate surface area is 102 Å². The minimum atomic E-state index is 0.281. The van der Waals surface area contributed by atoms with Gasteiger partial charge in [0.15, 0.2) is 0 Å². The maximum absolute atomic E-state index is 12.5. The molecule has 0 N–H and O–H groups in total. The Morgan fingerprint density at radius 1 is 0.750 bits per heavy atom. The van der Waals surface area contributed by atoms with E-state index in [1.807, 2.05) is 0 Å². The third-order valence-corrected chi connectivity index (χ3v) is 4.27. The summed E-state index contributed by atoms with van der Waals surface area (Å²) in [7, 11) is 0. The van der Waals surface area contributed by atoms with Crippen molar-refractivity contribution in [3.8, 4) is 0 Å². The Balaban J connectivity index is 4.69. The molecule has 0 bridgehead atoms. The Morgan fingerprint density at radius 3 is 1.25 bits per heavy atom. The molecule has 1 nitrogen and oxygen atoms in total. The predicted molar refractivity (Wildman–Crippen MR) is 71.5 cm³/mol. The van der Waals surface area contributed by atoms with Crippen molar-refractivity contribution in [3.05, 3.63) is 0 Å². The quantitative estimate of drug-likeness (QED) is 0.586. The first-order chi connectivity index (χ1) is 7.53. The lowest BCUT2D eigenvalue weighted by Crippen LogP contribution is -2.31. The summed E-state index contributed by atoms with van der Waals surface area (Å²) in [4.78, 5) is 12.5. The van der Waals surface area contributed by atoms with E-state index in [4.69, 9.17) is 0 Å². The number of carbonyl (C=O) groups is 1. The van der Waals surface area contributed by atoms with Gasteiger partial charge in [-0.25, -0.2) is 0 Å². The van der Waals surface area contributed by atoms with Crippen LogP contribution in [0.3, 0.4) is 0 Å². The molecule has 0 aliphatic carbocycles. The fourth-order valence-corrected chi connectivity index (χ4v) is 2.61. The van der Waals surface area contributed by atoms with Gasteiger partial charge in [0, 0.05) is 11.8 Å². The van der Waals surface area contributed by atoms with E-state index < -0.39 is 0 Å². The molecule has 0 amide bonds. The standard InChI is InChI=1S/C15H30O/c1-7-11(5)13(9-3)15(16)14(10-4)12(6)8-2/h11-14H,7-10H2,1-6H3. The average Bonchev–Trinajstić information content (AvgIpc) is 2.30. The molecule has 0 saturated carbocycles. The van der Waals surface area contributed by atoms with Crippen LogP contribution in [0.4, 0.5) is 0 Å². The zero-order valence-electron chi connectivity index (χ0n) is 12.0. The second-order valence-corrected chi connectivity index (χ2v) is 5.20. The molecule has 0 radical (unpaired) electrons. The first-order valence-electron chi connectivity index (χ1n) is 7.06. The average molecular weight is 226 g/mol. The summed E-state index contributed by atoms with van der Waals surface area (Å²) >= 11 is 0. The lowest BCUT2D eigenvalue weighted by molar-refractivity contribution is -0.130. The van der Waals surface area contributed by atoms with Crippen molar-refractivity contribution in [1.82, 2.24) is 0 Å². The molecule has 0 aromatic heterocycles. The van der Waals surface area contributed by atoms with Gasteiger partial charge >= 0.3 is 0 Å². The van der Waals surface area contributed by atoms with E-state index in [0.29, 0.717) is 17.6 Å². The zero-order chi connectivity index (χ0) is 12.7. The molecule has 0 aromatic carbocycles. The molecular formula is C15H30O. The van der Waals surface area contributed by atoms with Crippen LogP contribution in [0.25, 0.3) is 0 Å². The Hall–Kier alpha value is -0.330. The second kappa shape index (κ2) is 7.86. The smallest absolute Gasteiger partial charge is 0.139 e. The van der Waals surface area contributed by atoms with E-state index in [2.05, 4.69) is 41.5 Å². The normalized spacial score (nSPS) is 18.9. The summed E-state index contributed by atoms with van der Waals surface area (Å²) in [6, 6.07) is 0.